The van der Waals surface area contributed by atoms with Gasteiger partial charge >= 0.3 is 6.18 Å². The summed E-state index contributed by atoms with van der Waals surface area (Å²) < 4.78 is 78.3. The topological polar surface area (TPSA) is 59.1 Å². The molecule has 0 atom stereocenters. The quantitative estimate of drug-likeness (QED) is 0.695. The summed E-state index contributed by atoms with van der Waals surface area (Å²) in [5.74, 6) is -0.484. The highest BCUT2D eigenvalue weighted by Gasteiger charge is 2.30. The zero-order valence-electron chi connectivity index (χ0n) is 13.1. The number of hydrogen-bond donors (Lipinski definition) is 1. The first kappa shape index (κ1) is 18.3. The van der Waals surface area contributed by atoms with Crippen LogP contribution < -0.4 is 4.72 Å². The molecule has 26 heavy (non-hydrogen) atoms. The Bertz CT molecular complexity index is 1050. The maximum atomic E-state index is 13.8. The fourth-order valence-electron chi connectivity index (χ4n) is 2.42. The van der Waals surface area contributed by atoms with E-state index in [1.807, 2.05) is 0 Å². The van der Waals surface area contributed by atoms with Gasteiger partial charge in [-0.25, -0.2) is 17.5 Å². The van der Waals surface area contributed by atoms with Crippen LogP contribution in [0.3, 0.4) is 0 Å². The lowest BCUT2D eigenvalue weighted by molar-refractivity contribution is -0.137. The van der Waals surface area contributed by atoms with Crippen LogP contribution in [0.5, 0.6) is 0 Å². The fraction of sp³-hybridized carbons (Fsp3) is 0.118. The Balaban J connectivity index is 1.84. The van der Waals surface area contributed by atoms with Crippen LogP contribution in [0.1, 0.15) is 11.1 Å². The number of hydrogen-bond acceptors (Lipinski definition) is 3. The molecule has 4 nitrogen and oxygen atoms in total. The van der Waals surface area contributed by atoms with E-state index in [4.69, 9.17) is 0 Å². The first-order valence-corrected chi connectivity index (χ1v) is 8.86. The van der Waals surface area contributed by atoms with Crippen molar-refractivity contribution < 1.29 is 26.0 Å². The molecule has 0 fully saturated rings. The lowest BCUT2D eigenvalue weighted by Gasteiger charge is -2.10. The van der Waals surface area contributed by atoms with E-state index in [2.05, 4.69) is 9.71 Å². The average Bonchev–Trinajstić information content (AvgIpc) is 2.61. The molecule has 0 radical (unpaired) electrons. The first-order chi connectivity index (χ1) is 12.2. The molecule has 1 heterocycles. The summed E-state index contributed by atoms with van der Waals surface area (Å²) in [5, 5.41) is 0.249. The highest BCUT2D eigenvalue weighted by Crippen LogP contribution is 2.29. The third kappa shape index (κ3) is 3.68. The van der Waals surface area contributed by atoms with Gasteiger partial charge in [0.1, 0.15) is 5.82 Å². The second-order valence-corrected chi connectivity index (χ2v) is 7.22. The van der Waals surface area contributed by atoms with E-state index < -0.39 is 27.6 Å². The molecule has 9 heteroatoms. The summed E-state index contributed by atoms with van der Waals surface area (Å²) in [5.41, 5.74) is -0.190. The Labute approximate surface area is 146 Å². The molecule has 1 N–H and O–H groups in total. The lowest BCUT2D eigenvalue weighted by atomic mass is 10.1. The van der Waals surface area contributed by atoms with Crippen LogP contribution in [0, 0.1) is 5.82 Å². The van der Waals surface area contributed by atoms with Crippen molar-refractivity contribution in [3.8, 4) is 0 Å². The Morgan fingerprint density at radius 1 is 1.00 bits per heavy atom. The summed E-state index contributed by atoms with van der Waals surface area (Å²) in [6.45, 7) is -0.183. The third-order valence-corrected chi connectivity index (χ3v) is 5.16. The molecule has 0 saturated carbocycles. The molecular weight excluding hydrogens is 372 g/mol. The van der Waals surface area contributed by atoms with E-state index in [0.717, 1.165) is 12.1 Å². The molecular formula is C17H12F4N2O2S. The van der Waals surface area contributed by atoms with Crippen LogP contribution in [0.25, 0.3) is 10.9 Å². The number of aromatic nitrogens is 1. The SMILES string of the molecule is O=S(=O)(NCc1ccc(F)c2cccnc12)c1ccc(C(F)(F)F)cc1. The zero-order valence-corrected chi connectivity index (χ0v) is 13.9. The highest BCUT2D eigenvalue weighted by molar-refractivity contribution is 7.89. The maximum absolute atomic E-state index is 13.8. The normalized spacial score (nSPS) is 12.5. The van der Waals surface area contributed by atoms with E-state index in [9.17, 15) is 26.0 Å². The summed E-state index contributed by atoms with van der Waals surface area (Å²) in [7, 11) is -4.04. The van der Waals surface area contributed by atoms with Gasteiger partial charge in [-0.3, -0.25) is 4.98 Å². The number of benzene rings is 2. The second kappa shape index (κ2) is 6.65. The Morgan fingerprint density at radius 2 is 1.69 bits per heavy atom. The molecule has 0 saturated heterocycles. The van der Waals surface area contributed by atoms with Gasteiger partial charge in [-0.1, -0.05) is 6.07 Å². The highest BCUT2D eigenvalue weighted by atomic mass is 32.2. The van der Waals surface area contributed by atoms with Crippen molar-refractivity contribution in [2.45, 2.75) is 17.6 Å². The fourth-order valence-corrected chi connectivity index (χ4v) is 3.42. The van der Waals surface area contributed by atoms with Crippen LogP contribution in [-0.2, 0) is 22.7 Å². The van der Waals surface area contributed by atoms with Gasteiger partial charge in [0, 0.05) is 18.1 Å². The maximum Gasteiger partial charge on any atom is 0.416 e. The molecule has 3 rings (SSSR count). The summed E-state index contributed by atoms with van der Waals surface area (Å²) in [6.07, 6.45) is -3.09. The smallest absolute Gasteiger partial charge is 0.256 e. The van der Waals surface area contributed by atoms with Crippen molar-refractivity contribution in [1.29, 1.82) is 0 Å². The van der Waals surface area contributed by atoms with Gasteiger partial charge in [0.25, 0.3) is 0 Å². The van der Waals surface area contributed by atoms with Crippen molar-refractivity contribution >= 4 is 20.9 Å². The molecule has 0 aliphatic rings. The van der Waals surface area contributed by atoms with Crippen molar-refractivity contribution in [3.05, 3.63) is 71.7 Å². The number of nitrogens with zero attached hydrogens (tertiary/aromatic N) is 1. The largest absolute Gasteiger partial charge is 0.416 e. The second-order valence-electron chi connectivity index (χ2n) is 5.45. The van der Waals surface area contributed by atoms with Crippen LogP contribution in [0.15, 0.2) is 59.6 Å². The van der Waals surface area contributed by atoms with Gasteiger partial charge in [-0.05, 0) is 48.0 Å². The molecule has 0 unspecified atom stereocenters. The van der Waals surface area contributed by atoms with Crippen LogP contribution in [-0.4, -0.2) is 13.4 Å². The molecule has 0 aliphatic carbocycles. The molecule has 136 valence electrons. The minimum atomic E-state index is -4.55. The number of alkyl halides is 3. The number of nitrogens with one attached hydrogen (secondary N) is 1. The molecule has 0 spiro atoms. The average molecular weight is 384 g/mol. The number of fused-ring (bicyclic) bond motifs is 1. The predicted octanol–water partition coefficient (Wildman–Crippen LogP) is 3.87. The van der Waals surface area contributed by atoms with E-state index in [1.54, 1.807) is 6.07 Å². The Morgan fingerprint density at radius 3 is 2.35 bits per heavy atom. The number of pyridine rings is 1. The van der Waals surface area contributed by atoms with Crippen LogP contribution in [0.2, 0.25) is 0 Å². The molecule has 3 aromatic rings. The number of halogens is 4. The minimum Gasteiger partial charge on any atom is -0.256 e. The van der Waals surface area contributed by atoms with Crippen molar-refractivity contribution in [3.63, 3.8) is 0 Å². The Kier molecular flexibility index (Phi) is 4.68. The van der Waals surface area contributed by atoms with Gasteiger partial charge < -0.3 is 0 Å². The van der Waals surface area contributed by atoms with E-state index in [-0.39, 0.29) is 16.8 Å². The van der Waals surface area contributed by atoms with Crippen LogP contribution >= 0.6 is 0 Å². The van der Waals surface area contributed by atoms with Crippen molar-refractivity contribution in [1.82, 2.24) is 9.71 Å². The predicted molar refractivity (Wildman–Crippen MR) is 87.2 cm³/mol. The van der Waals surface area contributed by atoms with Gasteiger partial charge in [0.15, 0.2) is 0 Å². The third-order valence-electron chi connectivity index (χ3n) is 3.74. The molecule has 2 aromatic carbocycles. The monoisotopic (exact) mass is 384 g/mol. The van der Waals surface area contributed by atoms with Gasteiger partial charge in [-0.15, -0.1) is 0 Å². The number of rotatable bonds is 4. The van der Waals surface area contributed by atoms with Gasteiger partial charge in [0.05, 0.1) is 16.0 Å². The zero-order chi connectivity index (χ0) is 18.9. The molecule has 0 bridgehead atoms. The molecule has 0 amide bonds. The number of sulfonamides is 1. The van der Waals surface area contributed by atoms with Crippen molar-refractivity contribution in [2.75, 3.05) is 0 Å². The summed E-state index contributed by atoms with van der Waals surface area (Å²) >= 11 is 0. The van der Waals surface area contributed by atoms with Gasteiger partial charge in [-0.2, -0.15) is 13.2 Å². The Hall–Kier alpha value is -2.52. The van der Waals surface area contributed by atoms with E-state index in [1.165, 1.54) is 24.4 Å². The van der Waals surface area contributed by atoms with Crippen LogP contribution in [0.4, 0.5) is 17.6 Å². The van der Waals surface area contributed by atoms with Gasteiger partial charge in [0.2, 0.25) is 10.0 Å². The van der Waals surface area contributed by atoms with E-state index in [0.29, 0.717) is 23.2 Å². The lowest BCUT2D eigenvalue weighted by Crippen LogP contribution is -2.23. The standard InChI is InChI=1S/C17H12F4N2O2S/c18-15-8-3-11(16-14(15)2-1-9-22-16)10-23-26(24,25)13-6-4-12(5-7-13)17(19,20)21/h1-9,23H,10H2. The molecule has 1 aromatic heterocycles. The summed E-state index contributed by atoms with van der Waals surface area (Å²) in [6, 6.07) is 8.84. The van der Waals surface area contributed by atoms with E-state index >= 15 is 0 Å². The first-order valence-electron chi connectivity index (χ1n) is 7.37. The van der Waals surface area contributed by atoms with Crippen molar-refractivity contribution in [2.24, 2.45) is 0 Å². The summed E-state index contributed by atoms with van der Waals surface area (Å²) in [4.78, 5) is 3.75. The minimum absolute atomic E-state index is 0.183. The molecule has 0 aliphatic heterocycles.